The minimum atomic E-state index is -3.06. The van der Waals surface area contributed by atoms with Crippen molar-refractivity contribution >= 4 is 5.84 Å². The Morgan fingerprint density at radius 3 is 2.18 bits per heavy atom. The highest BCUT2D eigenvalue weighted by Gasteiger charge is 2.43. The van der Waals surface area contributed by atoms with E-state index >= 15 is 0 Å². The van der Waals surface area contributed by atoms with Crippen LogP contribution in [0.15, 0.2) is 0 Å². The van der Waals surface area contributed by atoms with Crippen molar-refractivity contribution < 1.29 is 8.78 Å². The van der Waals surface area contributed by atoms with Crippen LogP contribution in [0.25, 0.3) is 0 Å². The Hall–Kier alpha value is -0.670. The molecule has 1 aliphatic rings. The van der Waals surface area contributed by atoms with E-state index in [0.717, 1.165) is 12.8 Å². The number of amidine groups is 1. The highest BCUT2D eigenvalue weighted by Crippen LogP contribution is 2.37. The molecule has 0 atom stereocenters. The molecule has 11 heavy (non-hydrogen) atoms. The molecular weight excluding hydrogens is 150 g/mol. The first kappa shape index (κ1) is 8.43. The summed E-state index contributed by atoms with van der Waals surface area (Å²) in [6.07, 6.45) is 2.69. The molecule has 0 saturated heterocycles. The van der Waals surface area contributed by atoms with Crippen LogP contribution in [0.2, 0.25) is 0 Å². The summed E-state index contributed by atoms with van der Waals surface area (Å²) in [7, 11) is 0. The van der Waals surface area contributed by atoms with Crippen molar-refractivity contribution in [1.82, 2.24) is 0 Å². The average Bonchev–Trinajstić information content (AvgIpc) is 2.37. The van der Waals surface area contributed by atoms with E-state index in [1.807, 2.05) is 0 Å². The van der Waals surface area contributed by atoms with Crippen LogP contribution in [0, 0.1) is 11.3 Å². The van der Waals surface area contributed by atoms with Gasteiger partial charge in [0.25, 0.3) is 0 Å². The first-order valence-electron chi connectivity index (χ1n) is 3.77. The van der Waals surface area contributed by atoms with Gasteiger partial charge in [0.2, 0.25) is 0 Å². The molecule has 0 heterocycles. The third-order valence-electron chi connectivity index (χ3n) is 2.23. The normalized spacial score (nSPS) is 20.5. The second kappa shape index (κ2) is 2.75. The summed E-state index contributed by atoms with van der Waals surface area (Å²) in [5, 5.41) is 6.69. The first-order valence-corrected chi connectivity index (χ1v) is 3.77. The zero-order valence-electron chi connectivity index (χ0n) is 6.24. The van der Waals surface area contributed by atoms with Gasteiger partial charge in [0.1, 0.15) is 0 Å². The van der Waals surface area contributed by atoms with Gasteiger partial charge < -0.3 is 5.73 Å². The number of alkyl halides is 2. The molecule has 0 aliphatic heterocycles. The monoisotopic (exact) mass is 162 g/mol. The zero-order valence-corrected chi connectivity index (χ0v) is 6.24. The maximum atomic E-state index is 12.9. The highest BCUT2D eigenvalue weighted by molar-refractivity contribution is 5.84. The number of halogens is 2. The fourth-order valence-electron chi connectivity index (χ4n) is 1.51. The summed E-state index contributed by atoms with van der Waals surface area (Å²) in [6.45, 7) is 0. The van der Waals surface area contributed by atoms with Crippen LogP contribution in [0.1, 0.15) is 25.7 Å². The number of nitrogens with one attached hydrogen (secondary N) is 1. The van der Waals surface area contributed by atoms with Gasteiger partial charge in [-0.25, -0.2) is 0 Å². The Bertz CT molecular complexity index is 162. The summed E-state index contributed by atoms with van der Waals surface area (Å²) in [6, 6.07) is 0. The molecule has 1 fully saturated rings. The van der Waals surface area contributed by atoms with Crippen molar-refractivity contribution in [3.05, 3.63) is 0 Å². The fraction of sp³-hybridized carbons (Fsp3) is 0.857. The van der Waals surface area contributed by atoms with E-state index in [2.05, 4.69) is 0 Å². The first-order chi connectivity index (χ1) is 5.05. The van der Waals surface area contributed by atoms with Crippen LogP contribution in [0.3, 0.4) is 0 Å². The quantitative estimate of drug-likeness (QED) is 0.471. The van der Waals surface area contributed by atoms with Crippen molar-refractivity contribution in [1.29, 1.82) is 5.41 Å². The van der Waals surface area contributed by atoms with Gasteiger partial charge in [-0.05, 0) is 12.8 Å². The standard InChI is InChI=1S/C7H12F2N2/c8-7(9,6(10)11)5-3-1-2-4-5/h5H,1-4H2,(H3,10,11). The highest BCUT2D eigenvalue weighted by atomic mass is 19.3. The van der Waals surface area contributed by atoms with Gasteiger partial charge in [-0.15, -0.1) is 0 Å². The molecule has 0 aromatic heterocycles. The van der Waals surface area contributed by atoms with Gasteiger partial charge >= 0.3 is 5.92 Å². The zero-order chi connectivity index (χ0) is 8.48. The van der Waals surface area contributed by atoms with Crippen LogP contribution >= 0.6 is 0 Å². The lowest BCUT2D eigenvalue weighted by atomic mass is 9.99. The molecule has 0 unspecified atom stereocenters. The van der Waals surface area contributed by atoms with E-state index in [1.54, 1.807) is 0 Å². The minimum absolute atomic E-state index is 0.507. The molecular formula is C7H12F2N2. The van der Waals surface area contributed by atoms with E-state index in [-0.39, 0.29) is 0 Å². The molecule has 0 aromatic rings. The second-order valence-electron chi connectivity index (χ2n) is 3.02. The maximum absolute atomic E-state index is 12.9. The van der Waals surface area contributed by atoms with Crippen LogP contribution < -0.4 is 5.73 Å². The fourth-order valence-corrected chi connectivity index (χ4v) is 1.51. The molecule has 0 radical (unpaired) electrons. The Kier molecular flexibility index (Phi) is 2.11. The molecule has 64 valence electrons. The topological polar surface area (TPSA) is 49.9 Å². The molecule has 1 saturated carbocycles. The van der Waals surface area contributed by atoms with Gasteiger partial charge in [-0.2, -0.15) is 8.78 Å². The molecule has 0 spiro atoms. The predicted molar refractivity (Wildman–Crippen MR) is 38.8 cm³/mol. The number of rotatable bonds is 2. The summed E-state index contributed by atoms with van der Waals surface area (Å²) >= 11 is 0. The van der Waals surface area contributed by atoms with Gasteiger partial charge in [-0.1, -0.05) is 12.8 Å². The lowest BCUT2D eigenvalue weighted by Crippen LogP contribution is -2.40. The molecule has 1 rings (SSSR count). The van der Waals surface area contributed by atoms with Crippen molar-refractivity contribution in [2.24, 2.45) is 11.7 Å². The Morgan fingerprint density at radius 1 is 1.36 bits per heavy atom. The van der Waals surface area contributed by atoms with Crippen molar-refractivity contribution in [3.63, 3.8) is 0 Å². The third kappa shape index (κ3) is 1.49. The van der Waals surface area contributed by atoms with Crippen molar-refractivity contribution in [3.8, 4) is 0 Å². The van der Waals surface area contributed by atoms with E-state index < -0.39 is 17.7 Å². The number of nitrogens with two attached hydrogens (primary N) is 1. The van der Waals surface area contributed by atoms with Crippen LogP contribution in [0.4, 0.5) is 8.78 Å². The minimum Gasteiger partial charge on any atom is -0.383 e. The average molecular weight is 162 g/mol. The van der Waals surface area contributed by atoms with Gasteiger partial charge in [0.15, 0.2) is 5.84 Å². The van der Waals surface area contributed by atoms with Gasteiger partial charge in [0.05, 0.1) is 0 Å². The number of hydrogen-bond acceptors (Lipinski definition) is 1. The Morgan fingerprint density at radius 2 is 1.82 bits per heavy atom. The predicted octanol–water partition coefficient (Wildman–Crippen LogP) is 1.75. The second-order valence-corrected chi connectivity index (χ2v) is 3.02. The summed E-state index contributed by atoms with van der Waals surface area (Å²) in [4.78, 5) is 0. The van der Waals surface area contributed by atoms with Gasteiger partial charge in [-0.3, -0.25) is 5.41 Å². The smallest absolute Gasteiger partial charge is 0.306 e. The molecule has 1 aliphatic carbocycles. The van der Waals surface area contributed by atoms with Gasteiger partial charge in [0, 0.05) is 5.92 Å². The van der Waals surface area contributed by atoms with Crippen molar-refractivity contribution in [2.45, 2.75) is 31.6 Å². The number of hydrogen-bond donors (Lipinski definition) is 2. The Labute approximate surface area is 64.3 Å². The lowest BCUT2D eigenvalue weighted by molar-refractivity contribution is 0.0130. The molecule has 4 heteroatoms. The van der Waals surface area contributed by atoms with E-state index in [1.165, 1.54) is 0 Å². The molecule has 0 bridgehead atoms. The van der Waals surface area contributed by atoms with Crippen LogP contribution in [-0.2, 0) is 0 Å². The van der Waals surface area contributed by atoms with E-state index in [4.69, 9.17) is 11.1 Å². The summed E-state index contributed by atoms with van der Waals surface area (Å²) in [5.74, 6) is -4.72. The SMILES string of the molecule is N=C(N)C(F)(F)C1CCCC1. The molecule has 3 N–H and O–H groups in total. The summed E-state index contributed by atoms with van der Waals surface area (Å²) in [5.41, 5.74) is 4.78. The molecule has 0 aromatic carbocycles. The van der Waals surface area contributed by atoms with Crippen LogP contribution in [0.5, 0.6) is 0 Å². The molecule has 2 nitrogen and oxygen atoms in total. The van der Waals surface area contributed by atoms with E-state index in [9.17, 15) is 8.78 Å². The maximum Gasteiger partial charge on any atom is 0.306 e. The Balaban J connectivity index is 2.62. The third-order valence-corrected chi connectivity index (χ3v) is 2.23. The van der Waals surface area contributed by atoms with E-state index in [0.29, 0.717) is 12.8 Å². The molecule has 0 amide bonds. The summed E-state index contributed by atoms with van der Waals surface area (Å²) < 4.78 is 25.8. The largest absolute Gasteiger partial charge is 0.383 e. The lowest BCUT2D eigenvalue weighted by Gasteiger charge is -2.20. The van der Waals surface area contributed by atoms with Crippen molar-refractivity contribution in [2.75, 3.05) is 0 Å². The van der Waals surface area contributed by atoms with Crippen LogP contribution in [-0.4, -0.2) is 11.8 Å².